The van der Waals surface area contributed by atoms with Gasteiger partial charge in [0.25, 0.3) is 0 Å². The molecule has 0 heterocycles. The van der Waals surface area contributed by atoms with Crippen LogP contribution in [0.15, 0.2) is 48.5 Å². The van der Waals surface area contributed by atoms with Gasteiger partial charge < -0.3 is 10.1 Å². The monoisotopic (exact) mass is 281 g/mol. The standard InChI is InChI=1S/C18H19NO2/c1-19-15-9-7-14-8-10-16(17(14)11-15)18(20)21-12-13-5-3-2-4-6-13/h2-7,9,11,16,19H,8,10,12H2,1H3. The van der Waals surface area contributed by atoms with Crippen molar-refractivity contribution in [2.75, 3.05) is 12.4 Å². The molecule has 1 aliphatic carbocycles. The molecule has 0 aromatic heterocycles. The summed E-state index contributed by atoms with van der Waals surface area (Å²) in [7, 11) is 1.89. The lowest BCUT2D eigenvalue weighted by atomic mass is 10.0. The number of rotatable bonds is 4. The number of ether oxygens (including phenoxy) is 1. The summed E-state index contributed by atoms with van der Waals surface area (Å²) in [6.07, 6.45) is 1.79. The predicted molar refractivity (Wildman–Crippen MR) is 83.3 cm³/mol. The Morgan fingerprint density at radius 3 is 2.81 bits per heavy atom. The molecule has 0 radical (unpaired) electrons. The molecule has 1 N–H and O–H groups in total. The maximum absolute atomic E-state index is 12.3. The fourth-order valence-corrected chi connectivity index (χ4v) is 2.83. The molecule has 0 fully saturated rings. The van der Waals surface area contributed by atoms with Crippen LogP contribution in [-0.2, 0) is 22.6 Å². The van der Waals surface area contributed by atoms with Crippen LogP contribution in [0.2, 0.25) is 0 Å². The highest BCUT2D eigenvalue weighted by Crippen LogP contribution is 2.35. The highest BCUT2D eigenvalue weighted by Gasteiger charge is 2.30. The molecule has 1 atom stereocenters. The molecule has 3 nitrogen and oxygen atoms in total. The Kier molecular flexibility index (Phi) is 3.91. The topological polar surface area (TPSA) is 38.3 Å². The first kappa shape index (κ1) is 13.7. The van der Waals surface area contributed by atoms with E-state index in [1.165, 1.54) is 5.56 Å². The number of hydrogen-bond donors (Lipinski definition) is 1. The van der Waals surface area contributed by atoms with Crippen molar-refractivity contribution < 1.29 is 9.53 Å². The maximum Gasteiger partial charge on any atom is 0.313 e. The molecule has 21 heavy (non-hydrogen) atoms. The minimum absolute atomic E-state index is 0.120. The number of carbonyl (C=O) groups excluding carboxylic acids is 1. The van der Waals surface area contributed by atoms with Gasteiger partial charge in [0.1, 0.15) is 6.61 Å². The Morgan fingerprint density at radius 1 is 1.24 bits per heavy atom. The molecule has 0 amide bonds. The summed E-state index contributed by atoms with van der Waals surface area (Å²) in [5, 5.41) is 3.12. The number of benzene rings is 2. The number of fused-ring (bicyclic) bond motifs is 1. The lowest BCUT2D eigenvalue weighted by Crippen LogP contribution is -2.13. The van der Waals surface area contributed by atoms with E-state index in [0.29, 0.717) is 6.61 Å². The van der Waals surface area contributed by atoms with Crippen LogP contribution in [0.3, 0.4) is 0 Å². The molecule has 0 spiro atoms. The van der Waals surface area contributed by atoms with Gasteiger partial charge in [-0.3, -0.25) is 4.79 Å². The third kappa shape index (κ3) is 2.92. The highest BCUT2D eigenvalue weighted by atomic mass is 16.5. The van der Waals surface area contributed by atoms with Crippen LogP contribution in [0, 0.1) is 0 Å². The summed E-state index contributed by atoms with van der Waals surface area (Å²) in [5.41, 5.74) is 4.43. The van der Waals surface area contributed by atoms with E-state index in [9.17, 15) is 4.79 Å². The molecule has 108 valence electrons. The Hall–Kier alpha value is -2.29. The Labute approximate surface area is 124 Å². The van der Waals surface area contributed by atoms with Crippen molar-refractivity contribution in [1.29, 1.82) is 0 Å². The number of carbonyl (C=O) groups is 1. The molecule has 2 aromatic carbocycles. The first-order valence-electron chi connectivity index (χ1n) is 7.29. The minimum atomic E-state index is -0.128. The van der Waals surface area contributed by atoms with Gasteiger partial charge in [-0.25, -0.2) is 0 Å². The van der Waals surface area contributed by atoms with Gasteiger partial charge in [-0.1, -0.05) is 36.4 Å². The smallest absolute Gasteiger partial charge is 0.313 e. The molecular formula is C18H19NO2. The first-order valence-corrected chi connectivity index (χ1v) is 7.29. The van der Waals surface area contributed by atoms with Crippen molar-refractivity contribution in [2.45, 2.75) is 25.4 Å². The average molecular weight is 281 g/mol. The zero-order valence-corrected chi connectivity index (χ0v) is 12.1. The molecular weight excluding hydrogens is 262 g/mol. The molecule has 1 aliphatic rings. The van der Waals surface area contributed by atoms with Crippen LogP contribution in [-0.4, -0.2) is 13.0 Å². The van der Waals surface area contributed by atoms with Gasteiger partial charge in [-0.2, -0.15) is 0 Å². The van der Waals surface area contributed by atoms with Crippen molar-refractivity contribution >= 4 is 11.7 Å². The number of anilines is 1. The molecule has 0 aliphatic heterocycles. The Balaban J connectivity index is 1.70. The SMILES string of the molecule is CNc1ccc2c(c1)C(C(=O)OCc1ccccc1)CC2. The van der Waals surface area contributed by atoms with Crippen molar-refractivity contribution in [2.24, 2.45) is 0 Å². The van der Waals surface area contributed by atoms with Crippen LogP contribution in [0.4, 0.5) is 5.69 Å². The van der Waals surface area contributed by atoms with Gasteiger partial charge in [0.2, 0.25) is 0 Å². The molecule has 0 saturated heterocycles. The summed E-state index contributed by atoms with van der Waals surface area (Å²) in [6.45, 7) is 0.344. The van der Waals surface area contributed by atoms with E-state index in [1.807, 2.05) is 37.4 Å². The molecule has 3 heteroatoms. The van der Waals surface area contributed by atoms with Crippen LogP contribution >= 0.6 is 0 Å². The van der Waals surface area contributed by atoms with Crippen molar-refractivity contribution in [1.82, 2.24) is 0 Å². The lowest BCUT2D eigenvalue weighted by molar-refractivity contribution is -0.146. The van der Waals surface area contributed by atoms with Gasteiger partial charge in [0, 0.05) is 12.7 Å². The van der Waals surface area contributed by atoms with Gasteiger partial charge in [-0.15, -0.1) is 0 Å². The molecule has 0 bridgehead atoms. The second-order valence-corrected chi connectivity index (χ2v) is 5.35. The quantitative estimate of drug-likeness (QED) is 0.872. The molecule has 3 rings (SSSR count). The Bertz CT molecular complexity index is 637. The fourth-order valence-electron chi connectivity index (χ4n) is 2.83. The van der Waals surface area contributed by atoms with Crippen LogP contribution in [0.1, 0.15) is 29.0 Å². The van der Waals surface area contributed by atoms with Crippen molar-refractivity contribution in [3.63, 3.8) is 0 Å². The van der Waals surface area contributed by atoms with E-state index in [-0.39, 0.29) is 11.9 Å². The third-order valence-electron chi connectivity index (χ3n) is 4.02. The van der Waals surface area contributed by atoms with Crippen LogP contribution < -0.4 is 5.32 Å². The summed E-state index contributed by atoms with van der Waals surface area (Å²) in [5.74, 6) is -0.247. The first-order chi connectivity index (χ1) is 10.3. The second-order valence-electron chi connectivity index (χ2n) is 5.35. The normalized spacial score (nSPS) is 16.3. The van der Waals surface area contributed by atoms with Gasteiger partial charge in [0.05, 0.1) is 5.92 Å². The zero-order valence-electron chi connectivity index (χ0n) is 12.1. The predicted octanol–water partition coefficient (Wildman–Crippen LogP) is 3.50. The van der Waals surface area contributed by atoms with E-state index in [4.69, 9.17) is 4.74 Å². The van der Waals surface area contributed by atoms with E-state index in [0.717, 1.165) is 29.7 Å². The van der Waals surface area contributed by atoms with Crippen LogP contribution in [0.5, 0.6) is 0 Å². The second kappa shape index (κ2) is 6.00. The molecule has 0 saturated carbocycles. The number of hydrogen-bond acceptors (Lipinski definition) is 3. The lowest BCUT2D eigenvalue weighted by Gasteiger charge is -2.12. The van der Waals surface area contributed by atoms with Crippen LogP contribution in [0.25, 0.3) is 0 Å². The number of esters is 1. The number of nitrogens with one attached hydrogen (secondary N) is 1. The summed E-state index contributed by atoms with van der Waals surface area (Å²) < 4.78 is 5.48. The summed E-state index contributed by atoms with van der Waals surface area (Å²) in [4.78, 5) is 12.3. The summed E-state index contributed by atoms with van der Waals surface area (Å²) >= 11 is 0. The average Bonchev–Trinajstić information content (AvgIpc) is 2.96. The van der Waals surface area contributed by atoms with Crippen molar-refractivity contribution in [3.05, 3.63) is 65.2 Å². The van der Waals surface area contributed by atoms with Gasteiger partial charge >= 0.3 is 5.97 Å². The minimum Gasteiger partial charge on any atom is -0.460 e. The summed E-state index contributed by atoms with van der Waals surface area (Å²) in [6, 6.07) is 16.0. The van der Waals surface area contributed by atoms with E-state index in [2.05, 4.69) is 23.5 Å². The molecule has 2 aromatic rings. The van der Waals surface area contributed by atoms with E-state index < -0.39 is 0 Å². The van der Waals surface area contributed by atoms with E-state index in [1.54, 1.807) is 0 Å². The molecule has 1 unspecified atom stereocenters. The highest BCUT2D eigenvalue weighted by molar-refractivity contribution is 5.80. The fraction of sp³-hybridized carbons (Fsp3) is 0.278. The number of aryl methyl sites for hydroxylation is 1. The largest absolute Gasteiger partial charge is 0.460 e. The third-order valence-corrected chi connectivity index (χ3v) is 4.02. The van der Waals surface area contributed by atoms with Gasteiger partial charge in [0.15, 0.2) is 0 Å². The zero-order chi connectivity index (χ0) is 14.7. The van der Waals surface area contributed by atoms with Gasteiger partial charge in [-0.05, 0) is 41.7 Å². The maximum atomic E-state index is 12.3. The Morgan fingerprint density at radius 2 is 2.05 bits per heavy atom. The van der Waals surface area contributed by atoms with Crippen molar-refractivity contribution in [3.8, 4) is 0 Å². The van der Waals surface area contributed by atoms with E-state index >= 15 is 0 Å².